The van der Waals surface area contributed by atoms with E-state index in [1.807, 2.05) is 18.3 Å². The molecule has 0 spiro atoms. The number of aliphatic carboxylic acids is 1. The number of nitrogens with zero attached hydrogens (tertiary/aromatic N) is 5. The van der Waals surface area contributed by atoms with Gasteiger partial charge in [0.2, 0.25) is 0 Å². The van der Waals surface area contributed by atoms with E-state index < -0.39 is 12.0 Å². The van der Waals surface area contributed by atoms with Gasteiger partial charge in [0.05, 0.1) is 19.6 Å². The van der Waals surface area contributed by atoms with Crippen molar-refractivity contribution in [2.24, 2.45) is 5.92 Å². The number of rotatable bonds is 9. The van der Waals surface area contributed by atoms with E-state index >= 15 is 0 Å². The smallest absolute Gasteiger partial charge is 0.316 e. The number of carboxylic acids is 1. The molecular formula is C23H27N5O3. The van der Waals surface area contributed by atoms with Gasteiger partial charge in [-0.3, -0.25) is 14.5 Å². The van der Waals surface area contributed by atoms with Gasteiger partial charge in [-0.1, -0.05) is 6.07 Å². The predicted octanol–water partition coefficient (Wildman–Crippen LogP) is 3.27. The van der Waals surface area contributed by atoms with E-state index in [1.54, 1.807) is 23.3 Å². The molecule has 2 atom stereocenters. The summed E-state index contributed by atoms with van der Waals surface area (Å²) in [5, 5.41) is 13.9. The fourth-order valence-corrected chi connectivity index (χ4v) is 4.37. The third kappa shape index (κ3) is 5.07. The lowest BCUT2D eigenvalue weighted by molar-refractivity contribution is -0.137. The molecule has 4 rings (SSSR count). The molecule has 3 heterocycles. The van der Waals surface area contributed by atoms with Crippen molar-refractivity contribution < 1.29 is 14.6 Å². The van der Waals surface area contributed by atoms with E-state index in [-0.39, 0.29) is 12.4 Å². The zero-order valence-corrected chi connectivity index (χ0v) is 17.6. The number of carbonyl (C=O) groups is 1. The SMILES string of the molecule is COc1ncc(C(CC(=O)O)n2nccc2CCC[C@H]2CCc3cccnc3C2)cn1. The minimum atomic E-state index is -0.893. The predicted molar refractivity (Wildman–Crippen MR) is 114 cm³/mol. The fourth-order valence-electron chi connectivity index (χ4n) is 4.37. The average Bonchev–Trinajstić information content (AvgIpc) is 3.25. The molecule has 0 radical (unpaired) electrons. The van der Waals surface area contributed by atoms with Crippen LogP contribution in [0, 0.1) is 5.92 Å². The second kappa shape index (κ2) is 9.68. The summed E-state index contributed by atoms with van der Waals surface area (Å²) < 4.78 is 6.81. The molecule has 162 valence electrons. The summed E-state index contributed by atoms with van der Waals surface area (Å²) in [5.74, 6) is -0.251. The molecular weight excluding hydrogens is 394 g/mol. The standard InChI is InChI=1S/C23H27N5O3/c1-31-23-25-14-18(15-26-23)21(13-22(29)30)28-19(9-11-27-28)6-2-4-16-7-8-17-5-3-10-24-20(17)12-16/h3,5,9-11,14-16,21H,2,4,6-8,12-13H2,1H3,(H,29,30)/t16-,21?/m0/s1. The maximum atomic E-state index is 11.5. The van der Waals surface area contributed by atoms with Gasteiger partial charge in [0, 0.05) is 41.7 Å². The quantitative estimate of drug-likeness (QED) is 0.565. The number of methoxy groups -OCH3 is 1. The van der Waals surface area contributed by atoms with Gasteiger partial charge in [-0.05, 0) is 62.1 Å². The van der Waals surface area contributed by atoms with Gasteiger partial charge in [-0.2, -0.15) is 5.10 Å². The van der Waals surface area contributed by atoms with Crippen LogP contribution >= 0.6 is 0 Å². The van der Waals surface area contributed by atoms with Crippen LogP contribution in [0.1, 0.15) is 54.2 Å². The molecule has 8 nitrogen and oxygen atoms in total. The Hall–Kier alpha value is -3.29. The lowest BCUT2D eigenvalue weighted by Crippen LogP contribution is -2.19. The van der Waals surface area contributed by atoms with Gasteiger partial charge >= 0.3 is 12.0 Å². The second-order valence-electron chi connectivity index (χ2n) is 7.99. The maximum Gasteiger partial charge on any atom is 0.316 e. The Morgan fingerprint density at radius 2 is 2.10 bits per heavy atom. The molecule has 1 N–H and O–H groups in total. The van der Waals surface area contributed by atoms with Crippen molar-refractivity contribution in [1.29, 1.82) is 0 Å². The highest BCUT2D eigenvalue weighted by Crippen LogP contribution is 2.28. The number of carboxylic acid groups (broad SMARTS) is 1. The minimum Gasteiger partial charge on any atom is -0.481 e. The summed E-state index contributed by atoms with van der Waals surface area (Å²) >= 11 is 0. The molecule has 3 aromatic heterocycles. The second-order valence-corrected chi connectivity index (χ2v) is 7.99. The molecule has 0 aliphatic heterocycles. The highest BCUT2D eigenvalue weighted by atomic mass is 16.5. The molecule has 0 saturated carbocycles. The Balaban J connectivity index is 1.42. The maximum absolute atomic E-state index is 11.5. The first-order valence-corrected chi connectivity index (χ1v) is 10.7. The van der Waals surface area contributed by atoms with Crippen LogP contribution in [-0.4, -0.2) is 42.9 Å². The van der Waals surface area contributed by atoms with E-state index in [9.17, 15) is 9.90 Å². The lowest BCUT2D eigenvalue weighted by atomic mass is 9.84. The molecule has 1 aliphatic rings. The molecule has 8 heteroatoms. The van der Waals surface area contributed by atoms with Gasteiger partial charge in [0.1, 0.15) is 0 Å². The molecule has 1 unspecified atom stereocenters. The monoisotopic (exact) mass is 421 g/mol. The van der Waals surface area contributed by atoms with Crippen LogP contribution in [0.4, 0.5) is 0 Å². The summed E-state index contributed by atoms with van der Waals surface area (Å²) in [4.78, 5) is 24.3. The van der Waals surface area contributed by atoms with Crippen LogP contribution in [0.5, 0.6) is 6.01 Å². The van der Waals surface area contributed by atoms with Gasteiger partial charge in [0.25, 0.3) is 0 Å². The van der Waals surface area contributed by atoms with Crippen LogP contribution in [0.2, 0.25) is 0 Å². The van der Waals surface area contributed by atoms with Crippen LogP contribution < -0.4 is 4.74 Å². The average molecular weight is 422 g/mol. The van der Waals surface area contributed by atoms with Crippen molar-refractivity contribution in [2.75, 3.05) is 7.11 Å². The Kier molecular flexibility index (Phi) is 6.54. The zero-order chi connectivity index (χ0) is 21.6. The van der Waals surface area contributed by atoms with E-state index in [2.05, 4.69) is 26.1 Å². The van der Waals surface area contributed by atoms with E-state index in [0.717, 1.165) is 37.8 Å². The van der Waals surface area contributed by atoms with Crippen molar-refractivity contribution >= 4 is 5.97 Å². The van der Waals surface area contributed by atoms with Crippen LogP contribution in [0.15, 0.2) is 43.0 Å². The Labute approximate surface area is 181 Å². The summed E-state index contributed by atoms with van der Waals surface area (Å²) in [6.07, 6.45) is 13.1. The van der Waals surface area contributed by atoms with Gasteiger partial charge in [-0.25, -0.2) is 9.97 Å². The Morgan fingerprint density at radius 3 is 2.87 bits per heavy atom. The van der Waals surface area contributed by atoms with Crippen molar-refractivity contribution in [3.8, 4) is 6.01 Å². The number of aromatic nitrogens is 5. The van der Waals surface area contributed by atoms with Crippen molar-refractivity contribution in [3.05, 3.63) is 65.5 Å². The van der Waals surface area contributed by atoms with Gasteiger partial charge in [0.15, 0.2) is 0 Å². The third-order valence-electron chi connectivity index (χ3n) is 5.96. The first-order chi connectivity index (χ1) is 15.1. The molecule has 0 fully saturated rings. The van der Waals surface area contributed by atoms with Crippen LogP contribution in [-0.2, 0) is 24.1 Å². The van der Waals surface area contributed by atoms with E-state index in [0.29, 0.717) is 11.5 Å². The number of pyridine rings is 1. The van der Waals surface area contributed by atoms with E-state index in [1.165, 1.54) is 24.8 Å². The number of fused-ring (bicyclic) bond motifs is 1. The number of hydrogen-bond acceptors (Lipinski definition) is 6. The zero-order valence-electron chi connectivity index (χ0n) is 17.6. The minimum absolute atomic E-state index is 0.0878. The fraction of sp³-hybridized carbons (Fsp3) is 0.435. The Bertz CT molecular complexity index is 1020. The Morgan fingerprint density at radius 1 is 1.26 bits per heavy atom. The van der Waals surface area contributed by atoms with Crippen molar-refractivity contribution in [3.63, 3.8) is 0 Å². The highest BCUT2D eigenvalue weighted by Gasteiger charge is 2.23. The van der Waals surface area contributed by atoms with Crippen molar-refractivity contribution in [1.82, 2.24) is 24.7 Å². The first kappa shape index (κ1) is 21.0. The molecule has 0 saturated heterocycles. The van der Waals surface area contributed by atoms with Crippen molar-refractivity contribution in [2.45, 2.75) is 51.0 Å². The summed E-state index contributed by atoms with van der Waals surface area (Å²) in [6.45, 7) is 0. The highest BCUT2D eigenvalue weighted by molar-refractivity contribution is 5.68. The summed E-state index contributed by atoms with van der Waals surface area (Å²) in [7, 11) is 1.50. The normalized spacial score (nSPS) is 16.5. The molecule has 0 bridgehead atoms. The number of aryl methyl sites for hydroxylation is 2. The molecule has 3 aromatic rings. The molecule has 0 aromatic carbocycles. The van der Waals surface area contributed by atoms with Crippen LogP contribution in [0.25, 0.3) is 0 Å². The number of hydrogen-bond donors (Lipinski definition) is 1. The van der Waals surface area contributed by atoms with Crippen LogP contribution in [0.3, 0.4) is 0 Å². The van der Waals surface area contributed by atoms with E-state index in [4.69, 9.17) is 4.74 Å². The van der Waals surface area contributed by atoms with Gasteiger partial charge < -0.3 is 9.84 Å². The molecule has 1 aliphatic carbocycles. The molecule has 0 amide bonds. The summed E-state index contributed by atoms with van der Waals surface area (Å²) in [6, 6.07) is 5.96. The molecule has 31 heavy (non-hydrogen) atoms. The first-order valence-electron chi connectivity index (χ1n) is 10.7. The third-order valence-corrected chi connectivity index (χ3v) is 5.96. The largest absolute Gasteiger partial charge is 0.481 e. The lowest BCUT2D eigenvalue weighted by Gasteiger charge is -2.24. The summed E-state index contributed by atoms with van der Waals surface area (Å²) in [5.41, 5.74) is 4.35. The van der Waals surface area contributed by atoms with Gasteiger partial charge in [-0.15, -0.1) is 0 Å². The number of ether oxygens (including phenoxy) is 1. The topological polar surface area (TPSA) is 103 Å².